The molecule has 15 heavy (non-hydrogen) atoms. The third-order valence-electron chi connectivity index (χ3n) is 1.81. The quantitative estimate of drug-likeness (QED) is 0.624. The summed E-state index contributed by atoms with van der Waals surface area (Å²) in [5, 5.41) is 0.574. The smallest absolute Gasteiger partial charge is 0.226 e. The summed E-state index contributed by atoms with van der Waals surface area (Å²) in [7, 11) is -6.52. The van der Waals surface area contributed by atoms with Gasteiger partial charge in [-0.05, 0) is 24.3 Å². The van der Waals surface area contributed by atoms with Gasteiger partial charge in [-0.25, -0.2) is 0 Å². The molecule has 0 fully saturated rings. The Balaban J connectivity index is 0.00000196. The molecule has 0 spiro atoms. The maximum atomic E-state index is 11.2. The predicted octanol–water partition coefficient (Wildman–Crippen LogP) is 0.735. The molecule has 0 aliphatic carbocycles. The summed E-state index contributed by atoms with van der Waals surface area (Å²) >= 11 is 0. The number of rotatable bonds is 2. The average molecular weight is 300 g/mol. The Morgan fingerprint density at radius 3 is 1.20 bits per heavy atom. The molecule has 0 aliphatic rings. The van der Waals surface area contributed by atoms with E-state index >= 15 is 0 Å². The minimum absolute atomic E-state index is 0. The maximum absolute atomic E-state index is 11.2. The van der Waals surface area contributed by atoms with Crippen molar-refractivity contribution in [2.24, 2.45) is 0 Å². The summed E-state index contributed by atoms with van der Waals surface area (Å²) in [6.07, 6.45) is 0. The molecule has 7 heteroatoms. The van der Waals surface area contributed by atoms with Gasteiger partial charge < -0.3 is 9.79 Å². The fourth-order valence-corrected chi connectivity index (χ4v) is 2.41. The van der Waals surface area contributed by atoms with Crippen molar-refractivity contribution in [3.8, 4) is 0 Å². The van der Waals surface area contributed by atoms with Gasteiger partial charge in [0.1, 0.15) is 0 Å². The SMILES string of the molecule is CP(=O)(O)c1ccc(P(C)(=O)O)cc1.[Zn]. The van der Waals surface area contributed by atoms with Crippen LogP contribution in [0.1, 0.15) is 0 Å². The van der Waals surface area contributed by atoms with Gasteiger partial charge >= 0.3 is 0 Å². The Bertz CT molecular complexity index is 376. The molecule has 0 radical (unpaired) electrons. The molecule has 0 aromatic heterocycles. The molecule has 80 valence electrons. The second kappa shape index (κ2) is 5.04. The van der Waals surface area contributed by atoms with Crippen LogP contribution in [0.4, 0.5) is 0 Å². The number of benzene rings is 1. The van der Waals surface area contributed by atoms with Crippen LogP contribution in [0.15, 0.2) is 24.3 Å². The van der Waals surface area contributed by atoms with Gasteiger partial charge in [0.05, 0.1) is 0 Å². The Morgan fingerprint density at radius 2 is 1.07 bits per heavy atom. The zero-order valence-corrected chi connectivity index (χ0v) is 13.4. The molecular formula is C8H12O4P2Zn. The van der Waals surface area contributed by atoms with Crippen molar-refractivity contribution >= 4 is 25.3 Å². The second-order valence-corrected chi connectivity index (χ2v) is 7.82. The van der Waals surface area contributed by atoms with Gasteiger partial charge in [-0.1, -0.05) is 0 Å². The van der Waals surface area contributed by atoms with E-state index in [-0.39, 0.29) is 30.1 Å². The van der Waals surface area contributed by atoms with Crippen LogP contribution >= 0.6 is 14.7 Å². The maximum Gasteiger partial charge on any atom is 0.226 e. The van der Waals surface area contributed by atoms with Crippen LogP contribution < -0.4 is 10.6 Å². The van der Waals surface area contributed by atoms with Gasteiger partial charge in [0, 0.05) is 43.4 Å². The molecular weight excluding hydrogens is 287 g/mol. The van der Waals surface area contributed by atoms with Crippen LogP contribution in [0, 0.1) is 0 Å². The van der Waals surface area contributed by atoms with Crippen LogP contribution in [0.5, 0.6) is 0 Å². The van der Waals surface area contributed by atoms with E-state index in [9.17, 15) is 18.9 Å². The Kier molecular flexibility index (Phi) is 5.11. The van der Waals surface area contributed by atoms with Crippen LogP contribution in [0.25, 0.3) is 0 Å². The third kappa shape index (κ3) is 4.30. The zero-order valence-electron chi connectivity index (χ0n) is 8.62. The van der Waals surface area contributed by atoms with Crippen molar-refractivity contribution in [3.05, 3.63) is 24.3 Å². The van der Waals surface area contributed by atoms with Gasteiger partial charge in [-0.2, -0.15) is 0 Å². The zero-order chi connectivity index (χ0) is 11.0. The molecule has 0 amide bonds. The molecule has 0 saturated heterocycles. The van der Waals surface area contributed by atoms with Gasteiger partial charge in [0.2, 0.25) is 14.7 Å². The molecule has 2 N–H and O–H groups in total. The van der Waals surface area contributed by atoms with Crippen LogP contribution in [-0.2, 0) is 28.6 Å². The van der Waals surface area contributed by atoms with Crippen molar-refractivity contribution in [1.29, 1.82) is 0 Å². The Labute approximate surface area is 101 Å². The fourth-order valence-electron chi connectivity index (χ4n) is 1.01. The summed E-state index contributed by atoms with van der Waals surface area (Å²) in [4.78, 5) is 18.4. The summed E-state index contributed by atoms with van der Waals surface area (Å²) in [5.74, 6) is 0. The monoisotopic (exact) mass is 298 g/mol. The molecule has 1 aromatic carbocycles. The minimum atomic E-state index is -3.26. The Morgan fingerprint density at radius 1 is 0.867 bits per heavy atom. The Hall–Kier alpha value is 0.223. The first-order chi connectivity index (χ1) is 6.21. The first-order valence-corrected chi connectivity index (χ1v) is 8.14. The molecule has 0 heterocycles. The van der Waals surface area contributed by atoms with Crippen molar-refractivity contribution in [1.82, 2.24) is 0 Å². The van der Waals surface area contributed by atoms with Crippen molar-refractivity contribution in [2.75, 3.05) is 13.3 Å². The summed E-state index contributed by atoms with van der Waals surface area (Å²) in [6, 6.07) is 5.62. The topological polar surface area (TPSA) is 74.6 Å². The van der Waals surface area contributed by atoms with E-state index in [2.05, 4.69) is 0 Å². The van der Waals surface area contributed by atoms with Gasteiger partial charge in [0.15, 0.2) is 0 Å². The fraction of sp³-hybridized carbons (Fsp3) is 0.250. The van der Waals surface area contributed by atoms with Crippen LogP contribution in [0.3, 0.4) is 0 Å². The van der Waals surface area contributed by atoms with E-state index in [0.29, 0.717) is 0 Å². The minimum Gasteiger partial charge on any atom is -0.341 e. The summed E-state index contributed by atoms with van der Waals surface area (Å²) in [5.41, 5.74) is 0. The van der Waals surface area contributed by atoms with E-state index in [1.807, 2.05) is 0 Å². The summed E-state index contributed by atoms with van der Waals surface area (Å²) < 4.78 is 22.4. The normalized spacial score (nSPS) is 18.4. The van der Waals surface area contributed by atoms with E-state index < -0.39 is 14.7 Å². The standard InChI is InChI=1S/C8H12O4P2.Zn/c1-13(9,10)7-3-5-8(6-4-7)14(2,11)12;/h3-6H,1-2H3,(H,9,10)(H,11,12);. The number of hydrogen-bond donors (Lipinski definition) is 2. The molecule has 0 aliphatic heterocycles. The van der Waals surface area contributed by atoms with Crippen LogP contribution in [0.2, 0.25) is 0 Å². The number of hydrogen-bond acceptors (Lipinski definition) is 2. The van der Waals surface area contributed by atoms with E-state index in [4.69, 9.17) is 0 Å². The van der Waals surface area contributed by atoms with E-state index in [0.717, 1.165) is 0 Å². The van der Waals surface area contributed by atoms with Gasteiger partial charge in [0.25, 0.3) is 0 Å². The first-order valence-electron chi connectivity index (χ1n) is 3.93. The molecule has 2 unspecified atom stereocenters. The second-order valence-electron chi connectivity index (χ2n) is 3.27. The first kappa shape index (κ1) is 15.2. The average Bonchev–Trinajstić information content (AvgIpc) is 2.01. The largest absolute Gasteiger partial charge is 0.341 e. The van der Waals surface area contributed by atoms with E-state index in [1.165, 1.54) is 37.6 Å². The van der Waals surface area contributed by atoms with Crippen molar-refractivity contribution in [2.45, 2.75) is 0 Å². The van der Waals surface area contributed by atoms with Gasteiger partial charge in [-0.3, -0.25) is 9.13 Å². The third-order valence-corrected chi connectivity index (χ3v) is 4.32. The molecule has 2 atom stereocenters. The molecule has 0 saturated carbocycles. The molecule has 0 bridgehead atoms. The predicted molar refractivity (Wildman–Crippen MR) is 57.2 cm³/mol. The molecule has 1 rings (SSSR count). The van der Waals surface area contributed by atoms with Crippen molar-refractivity contribution < 1.29 is 38.4 Å². The molecule has 4 nitrogen and oxygen atoms in total. The van der Waals surface area contributed by atoms with E-state index in [1.54, 1.807) is 0 Å². The summed E-state index contributed by atoms with van der Waals surface area (Å²) in [6.45, 7) is 2.46. The molecule has 1 aromatic rings. The van der Waals surface area contributed by atoms with Crippen molar-refractivity contribution in [3.63, 3.8) is 0 Å². The van der Waals surface area contributed by atoms with Crippen LogP contribution in [-0.4, -0.2) is 23.1 Å². The van der Waals surface area contributed by atoms with Gasteiger partial charge in [-0.15, -0.1) is 0 Å².